The van der Waals surface area contributed by atoms with Gasteiger partial charge in [0.2, 0.25) is 0 Å². The second-order valence-electron chi connectivity index (χ2n) is 6.36. The maximum Gasteiger partial charge on any atom is 0.183 e. The Morgan fingerprint density at radius 1 is 1.16 bits per heavy atom. The van der Waals surface area contributed by atoms with Crippen LogP contribution in [-0.4, -0.2) is 46.2 Å². The first-order valence-electron chi connectivity index (χ1n) is 8.05. The molecule has 1 aliphatic rings. The number of hydrogen-bond donors (Lipinski definition) is 1. The average Bonchev–Trinajstić information content (AvgIpc) is 3.15. The van der Waals surface area contributed by atoms with Crippen molar-refractivity contribution in [1.29, 1.82) is 0 Å². The van der Waals surface area contributed by atoms with Crippen LogP contribution < -0.4 is 5.32 Å². The highest BCUT2D eigenvalue weighted by Crippen LogP contribution is 2.26. The molecular weight excluding hydrogens is 378 g/mol. The smallest absolute Gasteiger partial charge is 0.183 e. The standard InChI is InChI=1S/C17H21NO4S3/c1-13-4-6-15(7-5-13)25(21,22)17-12-24(19,20)11-16(17)18-9-8-14-3-2-10-23-14/h2-7,10,16-18H,8-9,11-12H2,1H3. The third-order valence-corrected chi connectivity index (χ3v) is 9.51. The van der Waals surface area contributed by atoms with Crippen molar-refractivity contribution in [3.8, 4) is 0 Å². The summed E-state index contributed by atoms with van der Waals surface area (Å²) in [6.45, 7) is 2.44. The van der Waals surface area contributed by atoms with Gasteiger partial charge in [0.05, 0.1) is 21.7 Å². The Hall–Kier alpha value is -1.22. The van der Waals surface area contributed by atoms with E-state index in [2.05, 4.69) is 5.32 Å². The van der Waals surface area contributed by atoms with E-state index in [-0.39, 0.29) is 16.4 Å². The summed E-state index contributed by atoms with van der Waals surface area (Å²) in [5, 5.41) is 4.21. The molecule has 8 heteroatoms. The van der Waals surface area contributed by atoms with Crippen molar-refractivity contribution in [3.05, 3.63) is 52.2 Å². The van der Waals surface area contributed by atoms with Gasteiger partial charge in [0.1, 0.15) is 0 Å². The maximum absolute atomic E-state index is 12.9. The topological polar surface area (TPSA) is 80.3 Å². The lowest BCUT2D eigenvalue weighted by Gasteiger charge is -2.20. The summed E-state index contributed by atoms with van der Waals surface area (Å²) < 4.78 is 50.0. The van der Waals surface area contributed by atoms with Crippen LogP contribution in [0.15, 0.2) is 46.7 Å². The maximum atomic E-state index is 12.9. The van der Waals surface area contributed by atoms with E-state index in [9.17, 15) is 16.8 Å². The molecule has 1 fully saturated rings. The highest BCUT2D eigenvalue weighted by Gasteiger charge is 2.45. The Balaban J connectivity index is 1.77. The normalized spacial score (nSPS) is 22.9. The highest BCUT2D eigenvalue weighted by molar-refractivity contribution is 7.96. The van der Waals surface area contributed by atoms with E-state index in [1.807, 2.05) is 24.4 Å². The van der Waals surface area contributed by atoms with Gasteiger partial charge in [-0.3, -0.25) is 0 Å². The molecule has 2 aromatic rings. The third-order valence-electron chi connectivity index (χ3n) is 4.41. The van der Waals surface area contributed by atoms with Gasteiger partial charge in [0.25, 0.3) is 0 Å². The predicted octanol–water partition coefficient (Wildman–Crippen LogP) is 1.83. The van der Waals surface area contributed by atoms with Crippen molar-refractivity contribution in [2.75, 3.05) is 18.1 Å². The first-order chi connectivity index (χ1) is 11.8. The van der Waals surface area contributed by atoms with Gasteiger partial charge in [-0.2, -0.15) is 0 Å². The SMILES string of the molecule is Cc1ccc(S(=O)(=O)C2CS(=O)(=O)CC2NCCc2cccs2)cc1. The van der Waals surface area contributed by atoms with Crippen molar-refractivity contribution in [1.82, 2.24) is 5.32 Å². The monoisotopic (exact) mass is 399 g/mol. The number of nitrogens with one attached hydrogen (secondary N) is 1. The highest BCUT2D eigenvalue weighted by atomic mass is 32.2. The molecule has 1 aromatic heterocycles. The molecule has 0 bridgehead atoms. The molecule has 2 atom stereocenters. The van der Waals surface area contributed by atoms with E-state index < -0.39 is 31.0 Å². The zero-order chi connectivity index (χ0) is 18.1. The first-order valence-corrected chi connectivity index (χ1v) is 12.3. The Morgan fingerprint density at radius 3 is 2.52 bits per heavy atom. The molecule has 1 N–H and O–H groups in total. The molecule has 1 aromatic carbocycles. The largest absolute Gasteiger partial charge is 0.311 e. The van der Waals surface area contributed by atoms with Crippen LogP contribution in [0.3, 0.4) is 0 Å². The van der Waals surface area contributed by atoms with Gasteiger partial charge < -0.3 is 5.32 Å². The minimum atomic E-state index is -3.70. The van der Waals surface area contributed by atoms with Crippen molar-refractivity contribution in [2.45, 2.75) is 29.5 Å². The molecule has 5 nitrogen and oxygen atoms in total. The van der Waals surface area contributed by atoms with Gasteiger partial charge in [-0.05, 0) is 36.9 Å². The number of hydrogen-bond acceptors (Lipinski definition) is 6. The van der Waals surface area contributed by atoms with E-state index in [4.69, 9.17) is 0 Å². The average molecular weight is 400 g/mol. The summed E-state index contributed by atoms with van der Waals surface area (Å²) in [7, 11) is -7.07. The van der Waals surface area contributed by atoms with Crippen LogP contribution >= 0.6 is 11.3 Å². The molecule has 0 amide bonds. The quantitative estimate of drug-likeness (QED) is 0.802. The lowest BCUT2D eigenvalue weighted by Crippen LogP contribution is -2.44. The summed E-state index contributed by atoms with van der Waals surface area (Å²) in [5.74, 6) is -0.451. The molecule has 1 aliphatic heterocycles. The van der Waals surface area contributed by atoms with Crippen LogP contribution in [0, 0.1) is 6.92 Å². The molecule has 1 saturated heterocycles. The molecule has 3 rings (SSSR count). The summed E-state index contributed by atoms with van der Waals surface area (Å²) in [5.41, 5.74) is 0.962. The Labute approximate surface area is 152 Å². The zero-order valence-corrected chi connectivity index (χ0v) is 16.3. The molecule has 0 saturated carbocycles. The van der Waals surface area contributed by atoms with Gasteiger partial charge in [0.15, 0.2) is 19.7 Å². The summed E-state index contributed by atoms with van der Waals surface area (Å²) in [6.07, 6.45) is 0.755. The third kappa shape index (κ3) is 4.31. The molecule has 2 heterocycles. The summed E-state index contributed by atoms with van der Waals surface area (Å²) >= 11 is 1.63. The van der Waals surface area contributed by atoms with E-state index in [0.717, 1.165) is 12.0 Å². The van der Waals surface area contributed by atoms with Crippen molar-refractivity contribution in [3.63, 3.8) is 0 Å². The first kappa shape index (κ1) is 18.6. The number of rotatable bonds is 6. The Morgan fingerprint density at radius 2 is 1.88 bits per heavy atom. The minimum Gasteiger partial charge on any atom is -0.311 e. The molecule has 0 spiro atoms. The molecule has 25 heavy (non-hydrogen) atoms. The van der Waals surface area contributed by atoms with Crippen LogP contribution in [0.1, 0.15) is 10.4 Å². The van der Waals surface area contributed by atoms with E-state index in [0.29, 0.717) is 6.54 Å². The number of benzene rings is 1. The number of thiophene rings is 1. The molecule has 136 valence electrons. The number of aryl methyl sites for hydroxylation is 1. The van der Waals surface area contributed by atoms with Crippen LogP contribution in [0.2, 0.25) is 0 Å². The predicted molar refractivity (Wildman–Crippen MR) is 101 cm³/mol. The minimum absolute atomic E-state index is 0.132. The van der Waals surface area contributed by atoms with E-state index in [1.165, 1.54) is 4.88 Å². The summed E-state index contributed by atoms with van der Waals surface area (Å²) in [6, 6.07) is 9.97. The summed E-state index contributed by atoms with van der Waals surface area (Å²) in [4.78, 5) is 1.37. The van der Waals surface area contributed by atoms with Crippen molar-refractivity contribution < 1.29 is 16.8 Å². The van der Waals surface area contributed by atoms with Gasteiger partial charge in [-0.15, -0.1) is 11.3 Å². The van der Waals surface area contributed by atoms with Crippen LogP contribution in [0.4, 0.5) is 0 Å². The lowest BCUT2D eigenvalue weighted by molar-refractivity contribution is 0.529. The fourth-order valence-electron chi connectivity index (χ4n) is 3.05. The molecular formula is C17H21NO4S3. The van der Waals surface area contributed by atoms with Gasteiger partial charge >= 0.3 is 0 Å². The number of sulfone groups is 2. The Bertz CT molecular complexity index is 917. The van der Waals surface area contributed by atoms with E-state index in [1.54, 1.807) is 35.6 Å². The van der Waals surface area contributed by atoms with Gasteiger partial charge in [-0.25, -0.2) is 16.8 Å². The fraction of sp³-hybridized carbons (Fsp3) is 0.412. The van der Waals surface area contributed by atoms with Gasteiger partial charge in [0, 0.05) is 17.5 Å². The van der Waals surface area contributed by atoms with Crippen molar-refractivity contribution >= 4 is 31.0 Å². The molecule has 0 radical (unpaired) electrons. The van der Waals surface area contributed by atoms with E-state index >= 15 is 0 Å². The van der Waals surface area contributed by atoms with Crippen LogP contribution in [-0.2, 0) is 26.1 Å². The zero-order valence-electron chi connectivity index (χ0n) is 13.9. The molecule has 2 unspecified atom stereocenters. The second-order valence-corrected chi connectivity index (χ2v) is 11.7. The van der Waals surface area contributed by atoms with Gasteiger partial charge in [-0.1, -0.05) is 23.8 Å². The lowest BCUT2D eigenvalue weighted by atomic mass is 10.2. The van der Waals surface area contributed by atoms with Crippen LogP contribution in [0.5, 0.6) is 0 Å². The second kappa shape index (κ2) is 7.19. The molecule has 0 aliphatic carbocycles. The Kier molecular flexibility index (Phi) is 5.34. The fourth-order valence-corrected chi connectivity index (χ4v) is 8.48. The van der Waals surface area contributed by atoms with Crippen LogP contribution in [0.25, 0.3) is 0 Å². The van der Waals surface area contributed by atoms with Crippen molar-refractivity contribution in [2.24, 2.45) is 0 Å².